The maximum Gasteiger partial charge on any atom is 0.327 e. The van der Waals surface area contributed by atoms with E-state index in [0.29, 0.717) is 18.7 Å². The number of nitrogens with one attached hydrogen (secondary N) is 1. The van der Waals surface area contributed by atoms with Gasteiger partial charge in [-0.05, 0) is 12.3 Å². The second-order valence-corrected chi connectivity index (χ2v) is 8.46. The van der Waals surface area contributed by atoms with Crippen LogP contribution in [-0.2, 0) is 14.6 Å². The highest BCUT2D eigenvalue weighted by Crippen LogP contribution is 2.19. The average molecular weight is 322 g/mol. The van der Waals surface area contributed by atoms with E-state index in [9.17, 15) is 18.0 Å². The van der Waals surface area contributed by atoms with E-state index in [1.807, 2.05) is 0 Å². The quantitative estimate of drug-likeness (QED) is 0.735. The van der Waals surface area contributed by atoms with E-state index in [0.717, 1.165) is 5.75 Å². The van der Waals surface area contributed by atoms with E-state index in [1.165, 1.54) is 16.7 Å². The molecule has 2 aliphatic heterocycles. The normalized spacial score (nSPS) is 29.1. The van der Waals surface area contributed by atoms with Gasteiger partial charge in [-0.3, -0.25) is 0 Å². The van der Waals surface area contributed by atoms with Gasteiger partial charge in [0.2, 0.25) is 0 Å². The molecule has 20 heavy (non-hydrogen) atoms. The third-order valence-electron chi connectivity index (χ3n) is 3.54. The third-order valence-corrected chi connectivity index (χ3v) is 6.40. The van der Waals surface area contributed by atoms with Gasteiger partial charge in [0.1, 0.15) is 6.04 Å². The fourth-order valence-electron chi connectivity index (χ4n) is 2.42. The van der Waals surface area contributed by atoms with Crippen LogP contribution in [0.15, 0.2) is 0 Å². The van der Waals surface area contributed by atoms with E-state index < -0.39 is 27.9 Å². The van der Waals surface area contributed by atoms with Crippen LogP contribution in [0.3, 0.4) is 0 Å². The largest absolute Gasteiger partial charge is 0.480 e. The van der Waals surface area contributed by atoms with Gasteiger partial charge < -0.3 is 15.3 Å². The number of carbonyl (C=O) groups is 2. The molecule has 2 heterocycles. The summed E-state index contributed by atoms with van der Waals surface area (Å²) in [5.74, 6) is 0.314. The fourth-order valence-corrected chi connectivity index (χ4v) is 5.32. The van der Waals surface area contributed by atoms with Gasteiger partial charge in [-0.15, -0.1) is 0 Å². The highest BCUT2D eigenvalue weighted by Gasteiger charge is 2.33. The molecule has 2 atom stereocenters. The molecule has 0 spiro atoms. The first-order chi connectivity index (χ1) is 9.39. The number of thioether (sulfide) groups is 1. The Balaban J connectivity index is 1.86. The molecule has 2 saturated heterocycles. The number of hydrogen-bond acceptors (Lipinski definition) is 5. The minimum Gasteiger partial charge on any atom is -0.480 e. The lowest BCUT2D eigenvalue weighted by Gasteiger charge is -2.32. The summed E-state index contributed by atoms with van der Waals surface area (Å²) >= 11 is 1.51. The Morgan fingerprint density at radius 1 is 1.40 bits per heavy atom. The summed E-state index contributed by atoms with van der Waals surface area (Å²) in [4.78, 5) is 24.4. The number of rotatable bonds is 3. The van der Waals surface area contributed by atoms with Crippen molar-refractivity contribution in [1.29, 1.82) is 0 Å². The molecule has 114 valence electrons. The highest BCUT2D eigenvalue weighted by molar-refractivity contribution is 7.99. The molecule has 0 saturated carbocycles. The van der Waals surface area contributed by atoms with Crippen molar-refractivity contribution in [1.82, 2.24) is 10.2 Å². The van der Waals surface area contributed by atoms with Gasteiger partial charge in [-0.1, -0.05) is 0 Å². The minimum absolute atomic E-state index is 0.0635. The number of nitrogens with zero attached hydrogens (tertiary/aromatic N) is 1. The van der Waals surface area contributed by atoms with E-state index in [1.54, 1.807) is 0 Å². The van der Waals surface area contributed by atoms with E-state index in [-0.39, 0.29) is 24.0 Å². The number of hydrogen-bond donors (Lipinski definition) is 2. The number of amides is 2. The molecule has 2 N–H and O–H groups in total. The molecule has 2 aliphatic rings. The Labute approximate surface area is 122 Å². The van der Waals surface area contributed by atoms with Crippen LogP contribution in [-0.4, -0.2) is 72.6 Å². The number of urea groups is 1. The van der Waals surface area contributed by atoms with E-state index >= 15 is 0 Å². The van der Waals surface area contributed by atoms with Gasteiger partial charge in [0.15, 0.2) is 9.84 Å². The molecule has 2 fully saturated rings. The first kappa shape index (κ1) is 15.4. The molecule has 0 bridgehead atoms. The SMILES string of the molecule is O=C(O)C1CSCCN1C(=O)NCC1CCS(=O)(=O)C1. The summed E-state index contributed by atoms with van der Waals surface area (Å²) in [6, 6.07) is -1.22. The smallest absolute Gasteiger partial charge is 0.327 e. The standard InChI is InChI=1S/C11H18N2O5S2/c14-10(15)9-6-19-3-2-13(9)11(16)12-5-8-1-4-20(17,18)7-8/h8-9H,1-7H2,(H,12,16)(H,14,15). The molecule has 9 heteroatoms. The van der Waals surface area contributed by atoms with Crippen LogP contribution >= 0.6 is 11.8 Å². The number of sulfone groups is 1. The zero-order chi connectivity index (χ0) is 14.8. The first-order valence-corrected chi connectivity index (χ1v) is 9.42. The monoisotopic (exact) mass is 322 g/mol. The maximum atomic E-state index is 12.0. The minimum atomic E-state index is -2.95. The summed E-state index contributed by atoms with van der Waals surface area (Å²) < 4.78 is 22.7. The van der Waals surface area contributed by atoms with Gasteiger partial charge in [0.25, 0.3) is 0 Å². The molecule has 0 aliphatic carbocycles. The Bertz CT molecular complexity index is 493. The van der Waals surface area contributed by atoms with Crippen LogP contribution in [0, 0.1) is 5.92 Å². The molecule has 0 radical (unpaired) electrons. The van der Waals surface area contributed by atoms with Crippen molar-refractivity contribution in [2.75, 3.05) is 36.1 Å². The molecule has 2 amide bonds. The van der Waals surface area contributed by atoms with Crippen molar-refractivity contribution in [3.05, 3.63) is 0 Å². The van der Waals surface area contributed by atoms with Crippen LogP contribution in [0.1, 0.15) is 6.42 Å². The molecule has 0 aromatic rings. The molecule has 2 unspecified atom stereocenters. The van der Waals surface area contributed by atoms with Crippen molar-refractivity contribution < 1.29 is 23.1 Å². The van der Waals surface area contributed by atoms with Crippen LogP contribution in [0.5, 0.6) is 0 Å². The summed E-state index contributed by atoms with van der Waals surface area (Å²) in [5, 5.41) is 11.8. The van der Waals surface area contributed by atoms with Gasteiger partial charge in [0, 0.05) is 24.6 Å². The topological polar surface area (TPSA) is 104 Å². The number of carboxylic acids is 1. The van der Waals surface area contributed by atoms with Crippen molar-refractivity contribution in [3.8, 4) is 0 Å². The number of carboxylic acid groups (broad SMARTS) is 1. The van der Waals surface area contributed by atoms with Crippen LogP contribution in [0.4, 0.5) is 4.79 Å². The predicted molar refractivity (Wildman–Crippen MR) is 75.6 cm³/mol. The van der Waals surface area contributed by atoms with Crippen molar-refractivity contribution >= 4 is 33.6 Å². The zero-order valence-electron chi connectivity index (χ0n) is 10.9. The van der Waals surface area contributed by atoms with Crippen molar-refractivity contribution in [3.63, 3.8) is 0 Å². The lowest BCUT2D eigenvalue weighted by Crippen LogP contribution is -2.54. The molecule has 7 nitrogen and oxygen atoms in total. The van der Waals surface area contributed by atoms with E-state index in [2.05, 4.69) is 5.32 Å². The van der Waals surface area contributed by atoms with Crippen LogP contribution < -0.4 is 5.32 Å². The number of aliphatic carboxylic acids is 1. The summed E-state index contributed by atoms with van der Waals surface area (Å²) in [6.45, 7) is 0.685. The van der Waals surface area contributed by atoms with Gasteiger partial charge >= 0.3 is 12.0 Å². The predicted octanol–water partition coefficient (Wildman–Crippen LogP) is -0.367. The summed E-state index contributed by atoms with van der Waals surface area (Å²) in [5.41, 5.74) is 0. The fraction of sp³-hybridized carbons (Fsp3) is 0.818. The second-order valence-electron chi connectivity index (χ2n) is 5.08. The molecular formula is C11H18N2O5S2. The van der Waals surface area contributed by atoms with Gasteiger partial charge in [0.05, 0.1) is 11.5 Å². The molecular weight excluding hydrogens is 304 g/mol. The van der Waals surface area contributed by atoms with Crippen molar-refractivity contribution in [2.24, 2.45) is 5.92 Å². The maximum absolute atomic E-state index is 12.0. The van der Waals surface area contributed by atoms with E-state index in [4.69, 9.17) is 5.11 Å². The van der Waals surface area contributed by atoms with Crippen LogP contribution in [0.2, 0.25) is 0 Å². The summed E-state index contributed by atoms with van der Waals surface area (Å²) in [7, 11) is -2.95. The Morgan fingerprint density at radius 3 is 2.75 bits per heavy atom. The molecule has 2 rings (SSSR count). The molecule has 0 aromatic heterocycles. The van der Waals surface area contributed by atoms with Crippen molar-refractivity contribution in [2.45, 2.75) is 12.5 Å². The highest BCUT2D eigenvalue weighted by atomic mass is 32.2. The first-order valence-electron chi connectivity index (χ1n) is 6.44. The van der Waals surface area contributed by atoms with Gasteiger partial charge in [-0.25, -0.2) is 18.0 Å². The van der Waals surface area contributed by atoms with Crippen LogP contribution in [0.25, 0.3) is 0 Å². The Kier molecular flexibility index (Phi) is 4.79. The molecule has 0 aromatic carbocycles. The average Bonchev–Trinajstić information content (AvgIpc) is 2.75. The lowest BCUT2D eigenvalue weighted by atomic mass is 10.1. The third kappa shape index (κ3) is 3.78. The Morgan fingerprint density at radius 2 is 2.15 bits per heavy atom. The Hall–Kier alpha value is -0.960. The summed E-state index contributed by atoms with van der Waals surface area (Å²) in [6.07, 6.45) is 0.556. The lowest BCUT2D eigenvalue weighted by molar-refractivity contribution is -0.141. The number of carbonyl (C=O) groups excluding carboxylic acids is 1. The van der Waals surface area contributed by atoms with Gasteiger partial charge in [-0.2, -0.15) is 11.8 Å². The second kappa shape index (κ2) is 6.21. The zero-order valence-corrected chi connectivity index (χ0v) is 12.6.